The van der Waals surface area contributed by atoms with Crippen LogP contribution in [0.25, 0.3) is 11.5 Å². The van der Waals surface area contributed by atoms with E-state index in [1.54, 1.807) is 12.1 Å². The van der Waals surface area contributed by atoms with Crippen molar-refractivity contribution in [2.24, 2.45) is 0 Å². The third kappa shape index (κ3) is 4.02. The van der Waals surface area contributed by atoms with Gasteiger partial charge >= 0.3 is 0 Å². The van der Waals surface area contributed by atoms with Gasteiger partial charge in [-0.05, 0) is 48.5 Å². The number of oxazole rings is 1. The van der Waals surface area contributed by atoms with Crippen molar-refractivity contribution in [2.75, 3.05) is 0 Å². The predicted molar refractivity (Wildman–Crippen MR) is 102 cm³/mol. The topological polar surface area (TPSA) is 60.2 Å². The lowest BCUT2D eigenvalue weighted by Crippen LogP contribution is -2.04. The second-order valence-electron chi connectivity index (χ2n) is 5.74. The van der Waals surface area contributed by atoms with Gasteiger partial charge in [0.2, 0.25) is 25.8 Å². The molecule has 0 fully saturated rings. The summed E-state index contributed by atoms with van der Waals surface area (Å²) < 4.78 is 45.7. The number of nitrogens with zero attached hydrogens (tertiary/aromatic N) is 1. The summed E-state index contributed by atoms with van der Waals surface area (Å²) in [6.45, 7) is 3.86. The molecule has 0 saturated heterocycles. The van der Waals surface area contributed by atoms with Crippen molar-refractivity contribution in [3.05, 3.63) is 58.8 Å². The van der Waals surface area contributed by atoms with E-state index in [1.807, 2.05) is 13.8 Å². The van der Waals surface area contributed by atoms with E-state index < -0.39 is 9.84 Å². The van der Waals surface area contributed by atoms with Gasteiger partial charge in [0.05, 0.1) is 4.90 Å². The average molecular weight is 456 g/mol. The van der Waals surface area contributed by atoms with Crippen molar-refractivity contribution in [3.8, 4) is 11.5 Å². The van der Waals surface area contributed by atoms with E-state index in [0.29, 0.717) is 5.56 Å². The molecule has 1 heterocycles. The van der Waals surface area contributed by atoms with Crippen molar-refractivity contribution in [3.63, 3.8) is 0 Å². The van der Waals surface area contributed by atoms with E-state index in [9.17, 15) is 12.8 Å². The van der Waals surface area contributed by atoms with Crippen LogP contribution in [-0.4, -0.2) is 18.7 Å². The molecule has 3 rings (SSSR count). The van der Waals surface area contributed by atoms with Gasteiger partial charge in [-0.25, -0.2) is 12.8 Å². The van der Waals surface area contributed by atoms with E-state index in [2.05, 4.69) is 20.9 Å². The van der Waals surface area contributed by atoms with Crippen molar-refractivity contribution in [2.45, 2.75) is 34.1 Å². The second-order valence-corrected chi connectivity index (χ2v) is 10.1. The molecule has 0 atom stereocenters. The Labute approximate surface area is 163 Å². The quantitative estimate of drug-likeness (QED) is 0.470. The van der Waals surface area contributed by atoms with Crippen LogP contribution in [0, 0.1) is 5.82 Å². The number of sulfone groups is 1. The van der Waals surface area contributed by atoms with Crippen LogP contribution < -0.4 is 0 Å². The monoisotopic (exact) mass is 455 g/mol. The van der Waals surface area contributed by atoms with Crippen LogP contribution in [0.5, 0.6) is 0 Å². The Morgan fingerprint density at radius 3 is 2.27 bits per heavy atom. The highest BCUT2D eigenvalue weighted by Crippen LogP contribution is 2.36. The molecule has 4 nitrogen and oxygen atoms in total. The predicted octanol–water partition coefficient (Wildman–Crippen LogP) is 5.58. The molecule has 0 aliphatic heterocycles. The number of hydrogen-bond acceptors (Lipinski definition) is 5. The van der Waals surface area contributed by atoms with Gasteiger partial charge in [-0.1, -0.05) is 41.5 Å². The summed E-state index contributed by atoms with van der Waals surface area (Å²) >= 11 is 4.57. The van der Waals surface area contributed by atoms with Crippen LogP contribution in [0.3, 0.4) is 0 Å². The summed E-state index contributed by atoms with van der Waals surface area (Å²) in [5, 5.41) is 0.197. The Bertz CT molecular complexity index is 1010. The number of thioether (sulfide) groups is 1. The molecule has 8 heteroatoms. The van der Waals surface area contributed by atoms with Gasteiger partial charge in [-0.3, -0.25) is 0 Å². The zero-order valence-corrected chi connectivity index (χ0v) is 17.2. The number of rotatable bonds is 5. The maximum atomic E-state index is 13.1. The van der Waals surface area contributed by atoms with Crippen LogP contribution in [0.15, 0.2) is 72.4 Å². The normalized spacial score (nSPS) is 11.9. The van der Waals surface area contributed by atoms with Gasteiger partial charge < -0.3 is 4.42 Å². The third-order valence-electron chi connectivity index (χ3n) is 3.38. The largest absolute Gasteiger partial charge is 0.428 e. The van der Waals surface area contributed by atoms with Crippen molar-refractivity contribution >= 4 is 37.5 Å². The molecule has 26 heavy (non-hydrogen) atoms. The lowest BCUT2D eigenvalue weighted by atomic mass is 10.2. The molecule has 0 bridgehead atoms. The molecule has 0 N–H and O–H groups in total. The fraction of sp³-hybridized carbons (Fsp3) is 0.167. The van der Waals surface area contributed by atoms with Crippen LogP contribution in [0.2, 0.25) is 0 Å². The molecule has 0 aliphatic carbocycles. The molecule has 0 amide bonds. The highest BCUT2D eigenvalue weighted by atomic mass is 79.9. The molecule has 1 aromatic heterocycles. The fourth-order valence-electron chi connectivity index (χ4n) is 2.19. The van der Waals surface area contributed by atoms with Crippen molar-refractivity contribution in [1.29, 1.82) is 0 Å². The molecule has 0 spiro atoms. The number of halogens is 2. The Hall–Kier alpha value is -1.64. The first kappa shape index (κ1) is 19.1. The third-order valence-corrected chi connectivity index (χ3v) is 6.68. The molecule has 2 aromatic carbocycles. The minimum Gasteiger partial charge on any atom is -0.428 e. The summed E-state index contributed by atoms with van der Waals surface area (Å²) in [5.41, 5.74) is 0.509. The first-order valence-corrected chi connectivity index (χ1v) is 10.9. The zero-order chi connectivity index (χ0) is 18.9. The van der Waals surface area contributed by atoms with Crippen LogP contribution in [-0.2, 0) is 9.84 Å². The average Bonchev–Trinajstić information content (AvgIpc) is 3.00. The summed E-state index contributed by atoms with van der Waals surface area (Å²) in [6, 6.07) is 11.9. The molecule has 0 unspecified atom stereocenters. The molecule has 0 aliphatic rings. The molecule has 0 saturated carbocycles. The molecule has 136 valence electrons. The number of aromatic nitrogens is 1. The maximum absolute atomic E-state index is 13.1. The van der Waals surface area contributed by atoms with Gasteiger partial charge in [0.25, 0.3) is 0 Å². The molecule has 3 aromatic rings. The number of hydrogen-bond donors (Lipinski definition) is 0. The minimum absolute atomic E-state index is 0.0999. The van der Waals surface area contributed by atoms with Gasteiger partial charge in [0.1, 0.15) is 5.82 Å². The minimum atomic E-state index is -3.85. The standard InChI is InChI=1S/C18H15BrFNO3S2/c1-11(2)25-18-17(26(22,23)15-9-5-13(19)6-10-15)21-16(24-18)12-3-7-14(20)8-4-12/h3-11H,1-2H3. The van der Waals surface area contributed by atoms with E-state index in [1.165, 1.54) is 48.2 Å². The van der Waals surface area contributed by atoms with Gasteiger partial charge in [-0.15, -0.1) is 0 Å². The lowest BCUT2D eigenvalue weighted by molar-refractivity contribution is 0.469. The van der Waals surface area contributed by atoms with Gasteiger partial charge in [0, 0.05) is 15.3 Å². The smallest absolute Gasteiger partial charge is 0.228 e. The van der Waals surface area contributed by atoms with Gasteiger partial charge in [-0.2, -0.15) is 4.98 Å². The second kappa shape index (κ2) is 7.54. The highest BCUT2D eigenvalue weighted by molar-refractivity contribution is 9.10. The first-order valence-electron chi connectivity index (χ1n) is 7.71. The van der Waals surface area contributed by atoms with Crippen molar-refractivity contribution < 1.29 is 17.2 Å². The zero-order valence-electron chi connectivity index (χ0n) is 13.9. The van der Waals surface area contributed by atoms with Crippen LogP contribution in [0.1, 0.15) is 13.8 Å². The van der Waals surface area contributed by atoms with E-state index in [-0.39, 0.29) is 32.0 Å². The summed E-state index contributed by atoms with van der Waals surface area (Å²) in [5.74, 6) is -0.247. The van der Waals surface area contributed by atoms with Crippen LogP contribution in [0.4, 0.5) is 4.39 Å². The number of benzene rings is 2. The summed E-state index contributed by atoms with van der Waals surface area (Å²) in [7, 11) is -3.85. The summed E-state index contributed by atoms with van der Waals surface area (Å²) in [4.78, 5) is 4.35. The lowest BCUT2D eigenvalue weighted by Gasteiger charge is -2.05. The van der Waals surface area contributed by atoms with Crippen LogP contribution >= 0.6 is 27.7 Å². The van der Waals surface area contributed by atoms with Gasteiger partial charge in [0.15, 0.2) is 0 Å². The SMILES string of the molecule is CC(C)Sc1oc(-c2ccc(F)cc2)nc1S(=O)(=O)c1ccc(Br)cc1. The molecular formula is C18H15BrFNO3S2. The Balaban J connectivity index is 2.12. The fourth-order valence-corrected chi connectivity index (χ4v) is 4.81. The molecule has 0 radical (unpaired) electrons. The van der Waals surface area contributed by atoms with Crippen molar-refractivity contribution in [1.82, 2.24) is 4.98 Å². The Morgan fingerprint density at radius 2 is 1.69 bits per heavy atom. The Kier molecular flexibility index (Phi) is 5.55. The highest BCUT2D eigenvalue weighted by Gasteiger charge is 2.29. The van der Waals surface area contributed by atoms with E-state index in [0.717, 1.165) is 4.47 Å². The summed E-state index contributed by atoms with van der Waals surface area (Å²) in [6.07, 6.45) is 0. The maximum Gasteiger partial charge on any atom is 0.228 e. The molecular weight excluding hydrogens is 441 g/mol. The first-order chi connectivity index (χ1) is 12.3. The van der Waals surface area contributed by atoms with E-state index >= 15 is 0 Å². The Morgan fingerprint density at radius 1 is 1.08 bits per heavy atom. The van der Waals surface area contributed by atoms with E-state index in [4.69, 9.17) is 4.42 Å².